The molecule has 0 saturated carbocycles. The lowest BCUT2D eigenvalue weighted by Gasteiger charge is -2.11. The van der Waals surface area contributed by atoms with E-state index in [9.17, 15) is 0 Å². The third-order valence-electron chi connectivity index (χ3n) is 2.39. The highest BCUT2D eigenvalue weighted by Gasteiger charge is 2.13. The molecule has 0 radical (unpaired) electrons. The minimum Gasteiger partial charge on any atom is -0.453 e. The summed E-state index contributed by atoms with van der Waals surface area (Å²) in [5.74, 6) is 1.19. The van der Waals surface area contributed by atoms with Crippen LogP contribution in [0.1, 0.15) is 5.56 Å². The summed E-state index contributed by atoms with van der Waals surface area (Å²) in [5.41, 5.74) is 6.24. The zero-order chi connectivity index (χ0) is 13.1. The van der Waals surface area contributed by atoms with Gasteiger partial charge in [0.1, 0.15) is 11.6 Å². The Kier molecular flexibility index (Phi) is 3.57. The second-order valence-electron chi connectivity index (χ2n) is 3.70. The highest BCUT2D eigenvalue weighted by atomic mass is 32.2. The summed E-state index contributed by atoms with van der Waals surface area (Å²) < 4.78 is 7.37. The Morgan fingerprint density at radius 1 is 1.50 bits per heavy atom. The van der Waals surface area contributed by atoms with Crippen molar-refractivity contribution in [2.75, 3.05) is 6.26 Å². The van der Waals surface area contributed by atoms with Crippen molar-refractivity contribution in [3.63, 3.8) is 0 Å². The van der Waals surface area contributed by atoms with Gasteiger partial charge in [-0.2, -0.15) is 5.10 Å². The number of aromatic nitrogens is 2. The van der Waals surface area contributed by atoms with E-state index in [2.05, 4.69) is 5.10 Å². The number of benzene rings is 1. The van der Waals surface area contributed by atoms with E-state index in [1.54, 1.807) is 23.1 Å². The van der Waals surface area contributed by atoms with E-state index < -0.39 is 0 Å². The topological polar surface area (TPSA) is 76.9 Å². The van der Waals surface area contributed by atoms with Gasteiger partial charge in [0.15, 0.2) is 5.75 Å². The first-order valence-corrected chi connectivity index (χ1v) is 6.52. The molecule has 1 aromatic carbocycles. The molecule has 0 aliphatic rings. The first-order valence-electron chi connectivity index (χ1n) is 5.29. The first-order chi connectivity index (χ1) is 8.61. The molecular formula is C12H14N4OS. The number of nitrogens with two attached hydrogens (primary N) is 1. The number of nitrogens with zero attached hydrogens (tertiary/aromatic N) is 2. The SMILES string of the molecule is CSc1cccc(Oc2cnn(C)c2)c1C(=N)N. The van der Waals surface area contributed by atoms with Gasteiger partial charge in [-0.05, 0) is 18.4 Å². The smallest absolute Gasteiger partial charge is 0.165 e. The highest BCUT2D eigenvalue weighted by Crippen LogP contribution is 2.31. The van der Waals surface area contributed by atoms with E-state index in [4.69, 9.17) is 15.9 Å². The largest absolute Gasteiger partial charge is 0.453 e. The van der Waals surface area contributed by atoms with Gasteiger partial charge in [0.05, 0.1) is 18.0 Å². The van der Waals surface area contributed by atoms with E-state index in [0.717, 1.165) is 4.90 Å². The standard InChI is InChI=1S/C12H14N4OS/c1-16-7-8(6-15-16)17-9-4-3-5-10(18-2)11(9)12(13)14/h3-7H,1-2H3,(H3,13,14). The van der Waals surface area contributed by atoms with Crippen LogP contribution in [0.2, 0.25) is 0 Å². The van der Waals surface area contributed by atoms with Crippen LogP contribution in [0.15, 0.2) is 35.5 Å². The normalized spacial score (nSPS) is 10.3. The van der Waals surface area contributed by atoms with Gasteiger partial charge in [0.25, 0.3) is 0 Å². The Balaban J connectivity index is 2.41. The molecule has 18 heavy (non-hydrogen) atoms. The van der Waals surface area contributed by atoms with Crippen LogP contribution >= 0.6 is 11.8 Å². The van der Waals surface area contributed by atoms with Crippen LogP contribution in [-0.4, -0.2) is 21.9 Å². The molecule has 6 heteroatoms. The van der Waals surface area contributed by atoms with Gasteiger partial charge in [-0.15, -0.1) is 11.8 Å². The van der Waals surface area contributed by atoms with E-state index in [-0.39, 0.29) is 5.84 Å². The molecule has 0 saturated heterocycles. The van der Waals surface area contributed by atoms with Crippen molar-refractivity contribution in [3.8, 4) is 11.5 Å². The van der Waals surface area contributed by atoms with Crippen molar-refractivity contribution in [1.29, 1.82) is 5.41 Å². The molecule has 1 heterocycles. The van der Waals surface area contributed by atoms with Gasteiger partial charge >= 0.3 is 0 Å². The van der Waals surface area contributed by atoms with Crippen molar-refractivity contribution in [2.45, 2.75) is 4.90 Å². The van der Waals surface area contributed by atoms with Crippen molar-refractivity contribution in [3.05, 3.63) is 36.2 Å². The molecule has 0 aliphatic heterocycles. The first kappa shape index (κ1) is 12.5. The van der Waals surface area contributed by atoms with E-state index in [1.807, 2.05) is 25.4 Å². The molecule has 0 amide bonds. The van der Waals surface area contributed by atoms with E-state index in [0.29, 0.717) is 17.1 Å². The number of thioether (sulfide) groups is 1. The number of nitrogen functional groups attached to an aromatic ring is 1. The summed E-state index contributed by atoms with van der Waals surface area (Å²) in [6, 6.07) is 5.59. The summed E-state index contributed by atoms with van der Waals surface area (Å²) in [4.78, 5) is 0.920. The van der Waals surface area contributed by atoms with Crippen molar-refractivity contribution < 1.29 is 4.74 Å². The molecule has 94 valence electrons. The minimum atomic E-state index is -0.00107. The monoisotopic (exact) mass is 262 g/mol. The molecular weight excluding hydrogens is 248 g/mol. The third kappa shape index (κ3) is 2.48. The average molecular weight is 262 g/mol. The number of hydrogen-bond donors (Lipinski definition) is 2. The molecule has 1 aromatic heterocycles. The molecule has 2 rings (SSSR count). The fourth-order valence-electron chi connectivity index (χ4n) is 1.61. The lowest BCUT2D eigenvalue weighted by atomic mass is 10.2. The molecule has 3 N–H and O–H groups in total. The van der Waals surface area contributed by atoms with Crippen LogP contribution in [0, 0.1) is 5.41 Å². The lowest BCUT2D eigenvalue weighted by Crippen LogP contribution is -2.13. The lowest BCUT2D eigenvalue weighted by molar-refractivity contribution is 0.479. The molecule has 0 atom stereocenters. The van der Waals surface area contributed by atoms with Gasteiger partial charge in [0.2, 0.25) is 0 Å². The van der Waals surface area contributed by atoms with Crippen LogP contribution in [0.25, 0.3) is 0 Å². The Bertz CT molecular complexity index is 579. The van der Waals surface area contributed by atoms with Gasteiger partial charge < -0.3 is 10.5 Å². The van der Waals surface area contributed by atoms with Crippen molar-refractivity contribution in [2.24, 2.45) is 12.8 Å². The van der Waals surface area contributed by atoms with Crippen LogP contribution in [0.4, 0.5) is 0 Å². The second-order valence-corrected chi connectivity index (χ2v) is 4.55. The van der Waals surface area contributed by atoms with Gasteiger partial charge in [-0.1, -0.05) is 6.07 Å². The zero-order valence-corrected chi connectivity index (χ0v) is 11.0. The maximum Gasteiger partial charge on any atom is 0.165 e. The molecule has 5 nitrogen and oxygen atoms in total. The predicted octanol–water partition coefficient (Wildman–Crippen LogP) is 2.22. The average Bonchev–Trinajstić information content (AvgIpc) is 2.74. The highest BCUT2D eigenvalue weighted by molar-refractivity contribution is 7.98. The maximum absolute atomic E-state index is 7.66. The van der Waals surface area contributed by atoms with Gasteiger partial charge in [0, 0.05) is 11.9 Å². The second kappa shape index (κ2) is 5.14. The Labute approximate surface area is 109 Å². The number of nitrogens with one attached hydrogen (secondary N) is 1. The van der Waals surface area contributed by atoms with Crippen LogP contribution in [0.3, 0.4) is 0 Å². The number of ether oxygens (including phenoxy) is 1. The fraction of sp³-hybridized carbons (Fsp3) is 0.167. The van der Waals surface area contributed by atoms with Crippen LogP contribution in [0.5, 0.6) is 11.5 Å². The summed E-state index contributed by atoms with van der Waals surface area (Å²) in [6.45, 7) is 0. The number of rotatable bonds is 4. The molecule has 2 aromatic rings. The number of aryl methyl sites for hydroxylation is 1. The zero-order valence-electron chi connectivity index (χ0n) is 10.2. The van der Waals surface area contributed by atoms with Crippen LogP contribution in [-0.2, 0) is 7.05 Å². The Hall–Kier alpha value is -1.95. The summed E-state index contributed by atoms with van der Waals surface area (Å²) in [5, 5.41) is 11.7. The molecule has 0 spiro atoms. The predicted molar refractivity (Wildman–Crippen MR) is 72.5 cm³/mol. The van der Waals surface area contributed by atoms with Gasteiger partial charge in [-0.25, -0.2) is 0 Å². The third-order valence-corrected chi connectivity index (χ3v) is 3.17. The molecule has 0 fully saturated rings. The Morgan fingerprint density at radius 3 is 2.83 bits per heavy atom. The van der Waals surface area contributed by atoms with Gasteiger partial charge in [-0.3, -0.25) is 10.1 Å². The molecule has 0 aliphatic carbocycles. The molecule has 0 unspecified atom stereocenters. The minimum absolute atomic E-state index is 0.00107. The van der Waals surface area contributed by atoms with E-state index >= 15 is 0 Å². The summed E-state index contributed by atoms with van der Waals surface area (Å²) >= 11 is 1.53. The summed E-state index contributed by atoms with van der Waals surface area (Å²) in [7, 11) is 1.82. The summed E-state index contributed by atoms with van der Waals surface area (Å²) in [6.07, 6.45) is 5.32. The van der Waals surface area contributed by atoms with E-state index in [1.165, 1.54) is 11.8 Å². The fourth-order valence-corrected chi connectivity index (χ4v) is 2.24. The van der Waals surface area contributed by atoms with Crippen molar-refractivity contribution >= 4 is 17.6 Å². The molecule has 0 bridgehead atoms. The quantitative estimate of drug-likeness (QED) is 0.503. The maximum atomic E-state index is 7.66. The van der Waals surface area contributed by atoms with Crippen LogP contribution < -0.4 is 10.5 Å². The van der Waals surface area contributed by atoms with Crippen molar-refractivity contribution in [1.82, 2.24) is 9.78 Å². The Morgan fingerprint density at radius 2 is 2.28 bits per heavy atom. The number of hydrogen-bond acceptors (Lipinski definition) is 4. The number of amidine groups is 1.